The standard InChI is InChI=1S/C16H21F3N2O2/c1-21(11-15(22)20-13-4-2-3-5-13)10-12-6-8-14(9-7-12)23-16(17,18)19/h6-9,13H,2-5,10-11H2,1H3,(H,20,22). The van der Waals surface area contributed by atoms with E-state index >= 15 is 0 Å². The normalized spacial score (nSPS) is 15.9. The third-order valence-electron chi connectivity index (χ3n) is 3.74. The number of benzene rings is 1. The van der Waals surface area contributed by atoms with E-state index in [9.17, 15) is 18.0 Å². The van der Waals surface area contributed by atoms with Crippen LogP contribution in [0.3, 0.4) is 0 Å². The first-order valence-corrected chi connectivity index (χ1v) is 7.64. The maximum atomic E-state index is 12.1. The maximum absolute atomic E-state index is 12.1. The van der Waals surface area contributed by atoms with Gasteiger partial charge in [-0.1, -0.05) is 25.0 Å². The Kier molecular flexibility index (Phi) is 5.87. The first kappa shape index (κ1) is 17.6. The number of carbonyl (C=O) groups excluding carboxylic acids is 1. The minimum Gasteiger partial charge on any atom is -0.406 e. The fourth-order valence-electron chi connectivity index (χ4n) is 2.75. The highest BCUT2D eigenvalue weighted by Gasteiger charge is 2.30. The molecule has 1 fully saturated rings. The molecule has 1 aromatic carbocycles. The third kappa shape index (κ3) is 6.48. The molecule has 128 valence electrons. The van der Waals surface area contributed by atoms with Gasteiger partial charge in [0.1, 0.15) is 5.75 Å². The predicted molar refractivity (Wildman–Crippen MR) is 79.9 cm³/mol. The zero-order chi connectivity index (χ0) is 16.9. The van der Waals surface area contributed by atoms with E-state index in [-0.39, 0.29) is 24.2 Å². The van der Waals surface area contributed by atoms with Gasteiger partial charge in [0.25, 0.3) is 0 Å². The molecule has 0 atom stereocenters. The van der Waals surface area contributed by atoms with Crippen LogP contribution < -0.4 is 10.1 Å². The molecule has 0 saturated heterocycles. The predicted octanol–water partition coefficient (Wildman–Crippen LogP) is 3.08. The number of halogens is 3. The number of likely N-dealkylation sites (N-methyl/N-ethyl adjacent to an activating group) is 1. The van der Waals surface area contributed by atoms with Crippen molar-refractivity contribution in [1.82, 2.24) is 10.2 Å². The van der Waals surface area contributed by atoms with Crippen molar-refractivity contribution in [3.05, 3.63) is 29.8 Å². The number of nitrogens with one attached hydrogen (secondary N) is 1. The quantitative estimate of drug-likeness (QED) is 0.871. The van der Waals surface area contributed by atoms with Crippen molar-refractivity contribution in [2.45, 2.75) is 44.6 Å². The van der Waals surface area contributed by atoms with Crippen molar-refractivity contribution >= 4 is 5.91 Å². The Morgan fingerprint density at radius 2 is 1.87 bits per heavy atom. The van der Waals surface area contributed by atoms with Gasteiger partial charge >= 0.3 is 6.36 Å². The second-order valence-corrected chi connectivity index (χ2v) is 5.91. The van der Waals surface area contributed by atoms with Crippen molar-refractivity contribution < 1.29 is 22.7 Å². The molecule has 0 unspecified atom stereocenters. The first-order valence-electron chi connectivity index (χ1n) is 7.64. The number of ether oxygens (including phenoxy) is 1. The van der Waals surface area contributed by atoms with E-state index < -0.39 is 6.36 Å². The number of rotatable bonds is 6. The Hall–Kier alpha value is -1.76. The molecule has 0 aromatic heterocycles. The summed E-state index contributed by atoms with van der Waals surface area (Å²) >= 11 is 0. The maximum Gasteiger partial charge on any atom is 0.573 e. The number of amides is 1. The third-order valence-corrected chi connectivity index (χ3v) is 3.74. The van der Waals surface area contributed by atoms with Crippen molar-refractivity contribution in [3.63, 3.8) is 0 Å². The smallest absolute Gasteiger partial charge is 0.406 e. The fourth-order valence-corrected chi connectivity index (χ4v) is 2.75. The summed E-state index contributed by atoms with van der Waals surface area (Å²) in [5.41, 5.74) is 0.815. The summed E-state index contributed by atoms with van der Waals surface area (Å²) in [4.78, 5) is 13.7. The van der Waals surface area contributed by atoms with Crippen LogP contribution in [0.1, 0.15) is 31.2 Å². The molecule has 1 N–H and O–H groups in total. The number of hydrogen-bond donors (Lipinski definition) is 1. The second-order valence-electron chi connectivity index (χ2n) is 5.91. The lowest BCUT2D eigenvalue weighted by Gasteiger charge is -2.19. The van der Waals surface area contributed by atoms with Gasteiger partial charge in [-0.2, -0.15) is 0 Å². The number of carbonyl (C=O) groups is 1. The van der Waals surface area contributed by atoms with Crippen molar-refractivity contribution in [2.75, 3.05) is 13.6 Å². The minimum absolute atomic E-state index is 0.0172. The lowest BCUT2D eigenvalue weighted by atomic mass is 10.2. The molecule has 0 spiro atoms. The summed E-state index contributed by atoms with van der Waals surface area (Å²) in [6, 6.07) is 5.96. The highest BCUT2D eigenvalue weighted by molar-refractivity contribution is 5.78. The molecule has 2 rings (SSSR count). The van der Waals surface area contributed by atoms with E-state index in [1.165, 1.54) is 12.1 Å². The molecular weight excluding hydrogens is 309 g/mol. The zero-order valence-electron chi connectivity index (χ0n) is 13.0. The Morgan fingerprint density at radius 1 is 1.26 bits per heavy atom. The minimum atomic E-state index is -4.68. The van der Waals surface area contributed by atoms with Crippen LogP contribution in [0.25, 0.3) is 0 Å². The molecule has 0 bridgehead atoms. The lowest BCUT2D eigenvalue weighted by Crippen LogP contribution is -2.39. The van der Waals surface area contributed by atoms with Crippen LogP contribution in [0.4, 0.5) is 13.2 Å². The second kappa shape index (κ2) is 7.68. The summed E-state index contributed by atoms with van der Waals surface area (Å²) in [7, 11) is 1.80. The van der Waals surface area contributed by atoms with Crippen LogP contribution in [0.5, 0.6) is 5.75 Å². The lowest BCUT2D eigenvalue weighted by molar-refractivity contribution is -0.274. The number of hydrogen-bond acceptors (Lipinski definition) is 3. The Balaban J connectivity index is 1.77. The Bertz CT molecular complexity index is 511. The number of alkyl halides is 3. The van der Waals surface area contributed by atoms with Crippen LogP contribution in [0.2, 0.25) is 0 Å². The summed E-state index contributed by atoms with van der Waals surface area (Å²) in [6.07, 6.45) is -0.289. The summed E-state index contributed by atoms with van der Waals surface area (Å²) < 4.78 is 40.1. The largest absolute Gasteiger partial charge is 0.573 e. The summed E-state index contributed by atoms with van der Waals surface area (Å²) in [5.74, 6) is -0.265. The van der Waals surface area contributed by atoms with E-state index in [0.717, 1.165) is 31.2 Å². The van der Waals surface area contributed by atoms with Gasteiger partial charge in [0, 0.05) is 12.6 Å². The van der Waals surface area contributed by atoms with E-state index in [0.29, 0.717) is 6.54 Å². The molecule has 0 heterocycles. The molecule has 0 aliphatic heterocycles. The van der Waals surface area contributed by atoms with Gasteiger partial charge in [0.15, 0.2) is 0 Å². The molecule has 7 heteroatoms. The van der Waals surface area contributed by atoms with Crippen LogP contribution in [0.15, 0.2) is 24.3 Å². The highest BCUT2D eigenvalue weighted by atomic mass is 19.4. The summed E-state index contributed by atoms with van der Waals surface area (Å²) in [6.45, 7) is 0.738. The monoisotopic (exact) mass is 330 g/mol. The Labute approximate surface area is 133 Å². The van der Waals surface area contributed by atoms with E-state index in [1.807, 2.05) is 4.90 Å². The topological polar surface area (TPSA) is 41.6 Å². The Morgan fingerprint density at radius 3 is 2.43 bits per heavy atom. The molecule has 1 aliphatic carbocycles. The first-order chi connectivity index (χ1) is 10.8. The van der Waals surface area contributed by atoms with Crippen LogP contribution >= 0.6 is 0 Å². The van der Waals surface area contributed by atoms with Crippen molar-refractivity contribution in [1.29, 1.82) is 0 Å². The molecule has 1 amide bonds. The molecular formula is C16H21F3N2O2. The van der Waals surface area contributed by atoms with Crippen LogP contribution in [0, 0.1) is 0 Å². The zero-order valence-corrected chi connectivity index (χ0v) is 13.0. The van der Waals surface area contributed by atoms with Crippen molar-refractivity contribution in [2.24, 2.45) is 0 Å². The van der Waals surface area contributed by atoms with Crippen LogP contribution in [-0.4, -0.2) is 36.8 Å². The molecule has 0 radical (unpaired) electrons. The molecule has 1 saturated carbocycles. The van der Waals surface area contributed by atoms with E-state index in [4.69, 9.17) is 0 Å². The van der Waals surface area contributed by atoms with Gasteiger partial charge < -0.3 is 10.1 Å². The molecule has 23 heavy (non-hydrogen) atoms. The van der Waals surface area contributed by atoms with Gasteiger partial charge in [-0.3, -0.25) is 9.69 Å². The van der Waals surface area contributed by atoms with Gasteiger partial charge in [-0.25, -0.2) is 0 Å². The number of nitrogens with zero attached hydrogens (tertiary/aromatic N) is 1. The van der Waals surface area contributed by atoms with E-state index in [1.54, 1.807) is 19.2 Å². The highest BCUT2D eigenvalue weighted by Crippen LogP contribution is 2.23. The molecule has 4 nitrogen and oxygen atoms in total. The van der Waals surface area contributed by atoms with Crippen LogP contribution in [-0.2, 0) is 11.3 Å². The summed E-state index contributed by atoms with van der Waals surface area (Å²) in [5, 5.41) is 3.00. The average molecular weight is 330 g/mol. The fraction of sp³-hybridized carbons (Fsp3) is 0.562. The molecule has 1 aromatic rings. The van der Waals surface area contributed by atoms with Gasteiger partial charge in [0.05, 0.1) is 6.54 Å². The van der Waals surface area contributed by atoms with Crippen molar-refractivity contribution in [3.8, 4) is 5.75 Å². The van der Waals surface area contributed by atoms with E-state index in [2.05, 4.69) is 10.1 Å². The van der Waals surface area contributed by atoms with Gasteiger partial charge in [-0.05, 0) is 37.6 Å². The SMILES string of the molecule is CN(CC(=O)NC1CCCC1)Cc1ccc(OC(F)(F)F)cc1. The van der Waals surface area contributed by atoms with Gasteiger partial charge in [-0.15, -0.1) is 13.2 Å². The molecule has 1 aliphatic rings. The van der Waals surface area contributed by atoms with Gasteiger partial charge in [0.2, 0.25) is 5.91 Å². The average Bonchev–Trinajstić information content (AvgIpc) is 2.91.